The molecule has 58 heavy (non-hydrogen) atoms. The van der Waals surface area contributed by atoms with Crippen LogP contribution in [0.15, 0.2) is 24.3 Å². The average molecular weight is 825 g/mol. The standard InChI is InChI=1S/C49H92O9/c1-3-5-7-9-11-13-15-17-19-20-21-22-23-24-25-26-28-30-32-34-36-38-45(51)57-43(42-56-49-48(54)47(53)46(52)44(40-50)58-49)41-55-39-37-35-33-31-29-27-18-16-14-12-10-8-6-4-2/h8,10,14,16,43-44,46-50,52-54H,3-7,9,11-13,15,17-42H2,1-2H3/b10-8-,16-14-. The molecule has 1 fully saturated rings. The second kappa shape index (κ2) is 41.0. The Hall–Kier alpha value is -1.33. The number of rotatable bonds is 42. The van der Waals surface area contributed by atoms with Crippen molar-refractivity contribution in [1.82, 2.24) is 0 Å². The van der Waals surface area contributed by atoms with E-state index in [2.05, 4.69) is 38.2 Å². The smallest absolute Gasteiger partial charge is 0.306 e. The van der Waals surface area contributed by atoms with Gasteiger partial charge in [-0.05, 0) is 38.5 Å². The van der Waals surface area contributed by atoms with E-state index in [9.17, 15) is 25.2 Å². The van der Waals surface area contributed by atoms with Crippen LogP contribution in [0.5, 0.6) is 0 Å². The molecule has 0 bridgehead atoms. The lowest BCUT2D eigenvalue weighted by molar-refractivity contribution is -0.305. The van der Waals surface area contributed by atoms with Crippen molar-refractivity contribution in [2.24, 2.45) is 0 Å². The maximum absolute atomic E-state index is 12.8. The summed E-state index contributed by atoms with van der Waals surface area (Å²) in [5, 5.41) is 40.2. The topological polar surface area (TPSA) is 135 Å². The molecule has 6 unspecified atom stereocenters. The van der Waals surface area contributed by atoms with Crippen LogP contribution in [0.4, 0.5) is 0 Å². The van der Waals surface area contributed by atoms with E-state index >= 15 is 0 Å². The number of allylic oxidation sites excluding steroid dienone is 4. The number of ether oxygens (including phenoxy) is 4. The molecule has 9 nitrogen and oxygen atoms in total. The molecule has 0 spiro atoms. The van der Waals surface area contributed by atoms with E-state index in [1.54, 1.807) is 0 Å². The summed E-state index contributed by atoms with van der Waals surface area (Å²) in [7, 11) is 0. The molecule has 4 N–H and O–H groups in total. The zero-order valence-electron chi connectivity index (χ0n) is 37.6. The maximum atomic E-state index is 12.8. The lowest BCUT2D eigenvalue weighted by Gasteiger charge is -2.39. The van der Waals surface area contributed by atoms with Crippen molar-refractivity contribution in [2.45, 2.75) is 256 Å². The van der Waals surface area contributed by atoms with E-state index in [0.717, 1.165) is 57.8 Å². The Morgan fingerprint density at radius 2 is 1.03 bits per heavy atom. The van der Waals surface area contributed by atoms with Crippen LogP contribution in [0.1, 0.15) is 219 Å². The molecular formula is C49H92O9. The van der Waals surface area contributed by atoms with Crippen molar-refractivity contribution in [3.8, 4) is 0 Å². The van der Waals surface area contributed by atoms with Crippen LogP contribution in [-0.4, -0.2) is 89.6 Å². The summed E-state index contributed by atoms with van der Waals surface area (Å²) < 4.78 is 22.8. The van der Waals surface area contributed by atoms with E-state index in [0.29, 0.717) is 13.0 Å². The van der Waals surface area contributed by atoms with Gasteiger partial charge in [0.05, 0.1) is 19.8 Å². The summed E-state index contributed by atoms with van der Waals surface area (Å²) in [6.07, 6.45) is 40.7. The van der Waals surface area contributed by atoms with Gasteiger partial charge in [-0.2, -0.15) is 0 Å². The van der Waals surface area contributed by atoms with Crippen molar-refractivity contribution in [3.05, 3.63) is 24.3 Å². The van der Waals surface area contributed by atoms with Crippen LogP contribution >= 0.6 is 0 Å². The first-order valence-corrected chi connectivity index (χ1v) is 24.4. The molecule has 1 saturated heterocycles. The molecule has 1 rings (SSSR count). The fraction of sp³-hybridized carbons (Fsp3) is 0.898. The number of aliphatic hydroxyl groups is 4. The first-order chi connectivity index (χ1) is 28.4. The van der Waals surface area contributed by atoms with E-state index in [1.165, 1.54) is 141 Å². The Balaban J connectivity index is 2.20. The van der Waals surface area contributed by atoms with Crippen molar-refractivity contribution in [1.29, 1.82) is 0 Å². The van der Waals surface area contributed by atoms with Crippen LogP contribution < -0.4 is 0 Å². The third kappa shape index (κ3) is 31.5. The number of carbonyl (C=O) groups is 1. The SMILES string of the molecule is CCC/C=C\C/C=C\CCCCCCCCOCC(COC1OC(CO)C(O)C(O)C1O)OC(=O)CCCCCCCCCCCCCCCCCCCCCCC. The van der Waals surface area contributed by atoms with Crippen molar-refractivity contribution in [3.63, 3.8) is 0 Å². The van der Waals surface area contributed by atoms with Gasteiger partial charge >= 0.3 is 5.97 Å². The highest BCUT2D eigenvalue weighted by atomic mass is 16.7. The number of hydrogen-bond acceptors (Lipinski definition) is 9. The molecule has 6 atom stereocenters. The second-order valence-corrected chi connectivity index (χ2v) is 16.9. The molecule has 0 aromatic heterocycles. The fourth-order valence-electron chi connectivity index (χ4n) is 7.53. The van der Waals surface area contributed by atoms with Gasteiger partial charge in [0.1, 0.15) is 30.5 Å². The van der Waals surface area contributed by atoms with Crippen LogP contribution in [0, 0.1) is 0 Å². The van der Waals surface area contributed by atoms with Gasteiger partial charge in [-0.15, -0.1) is 0 Å². The minimum absolute atomic E-state index is 0.114. The highest BCUT2D eigenvalue weighted by Gasteiger charge is 2.44. The quantitative estimate of drug-likeness (QED) is 0.0269. The number of hydrogen-bond donors (Lipinski definition) is 4. The summed E-state index contributed by atoms with van der Waals surface area (Å²) in [6, 6.07) is 0. The molecule has 0 saturated carbocycles. The molecule has 9 heteroatoms. The molecule has 0 amide bonds. The van der Waals surface area contributed by atoms with Gasteiger partial charge in [-0.1, -0.05) is 199 Å². The van der Waals surface area contributed by atoms with E-state index in [4.69, 9.17) is 18.9 Å². The van der Waals surface area contributed by atoms with E-state index in [1.807, 2.05) is 0 Å². The highest BCUT2D eigenvalue weighted by molar-refractivity contribution is 5.69. The Morgan fingerprint density at radius 1 is 0.552 bits per heavy atom. The van der Waals surface area contributed by atoms with Crippen molar-refractivity contribution in [2.75, 3.05) is 26.4 Å². The predicted octanol–water partition coefficient (Wildman–Crippen LogP) is 11.4. The van der Waals surface area contributed by atoms with Crippen LogP contribution in [0.2, 0.25) is 0 Å². The van der Waals surface area contributed by atoms with Crippen LogP contribution in [0.25, 0.3) is 0 Å². The number of esters is 1. The Kier molecular flexibility index (Phi) is 38.7. The van der Waals surface area contributed by atoms with Crippen LogP contribution in [-0.2, 0) is 23.7 Å². The summed E-state index contributed by atoms with van der Waals surface area (Å²) in [5.74, 6) is -0.313. The van der Waals surface area contributed by atoms with Crippen LogP contribution in [0.3, 0.4) is 0 Å². The molecular weight excluding hydrogens is 733 g/mol. The van der Waals surface area contributed by atoms with Crippen molar-refractivity contribution < 1.29 is 44.2 Å². The number of unbranched alkanes of at least 4 members (excludes halogenated alkanes) is 27. The van der Waals surface area contributed by atoms with E-state index < -0.39 is 43.4 Å². The van der Waals surface area contributed by atoms with Gasteiger partial charge in [-0.3, -0.25) is 4.79 Å². The fourth-order valence-corrected chi connectivity index (χ4v) is 7.53. The van der Waals surface area contributed by atoms with Gasteiger partial charge < -0.3 is 39.4 Å². The average Bonchev–Trinajstić information content (AvgIpc) is 3.22. The first kappa shape index (κ1) is 54.7. The van der Waals surface area contributed by atoms with Crippen molar-refractivity contribution >= 4 is 5.97 Å². The summed E-state index contributed by atoms with van der Waals surface area (Å²) >= 11 is 0. The first-order valence-electron chi connectivity index (χ1n) is 24.4. The van der Waals surface area contributed by atoms with Gasteiger partial charge in [-0.25, -0.2) is 0 Å². The number of carbonyl (C=O) groups excluding carboxylic acids is 1. The molecule has 1 aliphatic heterocycles. The normalized spacial score (nSPS) is 20.4. The highest BCUT2D eigenvalue weighted by Crippen LogP contribution is 2.23. The predicted molar refractivity (Wildman–Crippen MR) is 238 cm³/mol. The second-order valence-electron chi connectivity index (χ2n) is 16.9. The lowest BCUT2D eigenvalue weighted by Crippen LogP contribution is -2.59. The Labute approximate surface area is 356 Å². The third-order valence-corrected chi connectivity index (χ3v) is 11.4. The largest absolute Gasteiger partial charge is 0.457 e. The third-order valence-electron chi connectivity index (χ3n) is 11.4. The zero-order valence-corrected chi connectivity index (χ0v) is 37.6. The molecule has 0 aromatic carbocycles. The summed E-state index contributed by atoms with van der Waals surface area (Å²) in [6.45, 7) is 4.51. The Bertz CT molecular complexity index is 941. The lowest BCUT2D eigenvalue weighted by atomic mass is 9.99. The Morgan fingerprint density at radius 3 is 1.55 bits per heavy atom. The monoisotopic (exact) mass is 825 g/mol. The maximum Gasteiger partial charge on any atom is 0.306 e. The van der Waals surface area contributed by atoms with Gasteiger partial charge in [0.2, 0.25) is 0 Å². The van der Waals surface area contributed by atoms with Gasteiger partial charge in [0.15, 0.2) is 6.29 Å². The number of aliphatic hydroxyl groups excluding tert-OH is 4. The summed E-state index contributed by atoms with van der Waals surface area (Å²) in [5.41, 5.74) is 0. The zero-order chi connectivity index (χ0) is 42.2. The minimum atomic E-state index is -1.54. The molecule has 0 radical (unpaired) electrons. The molecule has 0 aliphatic carbocycles. The molecule has 1 aliphatic rings. The molecule has 0 aromatic rings. The molecule has 342 valence electrons. The minimum Gasteiger partial charge on any atom is -0.457 e. The van der Waals surface area contributed by atoms with Gasteiger partial charge in [0, 0.05) is 13.0 Å². The molecule has 1 heterocycles. The van der Waals surface area contributed by atoms with E-state index in [-0.39, 0.29) is 19.2 Å². The summed E-state index contributed by atoms with van der Waals surface area (Å²) in [4.78, 5) is 12.8. The van der Waals surface area contributed by atoms with Gasteiger partial charge in [0.25, 0.3) is 0 Å².